The van der Waals surface area contributed by atoms with Crippen LogP contribution >= 0.6 is 0 Å². The number of hydrogen-bond donors (Lipinski definition) is 4. The van der Waals surface area contributed by atoms with Crippen molar-refractivity contribution >= 4 is 16.8 Å². The van der Waals surface area contributed by atoms with Crippen LogP contribution in [0.15, 0.2) is 79.0 Å². The second-order valence-corrected chi connectivity index (χ2v) is 12.1. The number of H-pyrrole nitrogens is 1. The number of fused-ring (bicyclic) bond motifs is 1. The van der Waals surface area contributed by atoms with Crippen LogP contribution in [0.1, 0.15) is 44.4 Å². The molecule has 4 atom stereocenters. The highest BCUT2D eigenvalue weighted by molar-refractivity contribution is 5.84. The van der Waals surface area contributed by atoms with Crippen LogP contribution in [0, 0.1) is 5.92 Å². The number of aromatic nitrogens is 1. The van der Waals surface area contributed by atoms with Crippen LogP contribution in [0.5, 0.6) is 0 Å². The quantitative estimate of drug-likeness (QED) is 0.234. The fourth-order valence-electron chi connectivity index (χ4n) is 5.76. The average Bonchev–Trinajstić information content (AvgIpc) is 3.54. The number of para-hydroxylation sites is 1. The number of carbonyl (C=O) groups is 1. The molecule has 2 heterocycles. The Hall–Kier alpha value is -3.49. The first-order chi connectivity index (χ1) is 19.7. The highest BCUT2D eigenvalue weighted by Crippen LogP contribution is 2.33. The smallest absolute Gasteiger partial charge is 0.240 e. The minimum atomic E-state index is -0.841. The Morgan fingerprint density at radius 2 is 1.80 bits per heavy atom. The maximum absolute atomic E-state index is 13.5. The Morgan fingerprint density at radius 3 is 2.51 bits per heavy atom. The molecule has 41 heavy (non-hydrogen) atoms. The maximum Gasteiger partial charge on any atom is 0.240 e. The normalized spacial score (nSPS) is 20.4. The van der Waals surface area contributed by atoms with Gasteiger partial charge in [0.2, 0.25) is 5.91 Å². The number of hydroxylamine groups is 2. The SMILES string of the molecule is C[C@H](O)[C@H]1ON(Cc2cccc(-c3ccc(C(C)(C)C)cc3)c2)[C@@H](C(=O)NCCc2c[nH]c3ccccc23)[C@H]1CO. The van der Waals surface area contributed by atoms with E-state index in [1.54, 1.807) is 12.0 Å². The molecule has 7 heteroatoms. The number of carbonyl (C=O) groups excluding carboxylic acids is 1. The van der Waals surface area contributed by atoms with Crippen LogP contribution in [0.4, 0.5) is 0 Å². The van der Waals surface area contributed by atoms with E-state index in [-0.39, 0.29) is 17.9 Å². The number of nitrogens with zero attached hydrogens (tertiary/aromatic N) is 1. The van der Waals surface area contributed by atoms with Crippen molar-refractivity contribution in [1.82, 2.24) is 15.4 Å². The van der Waals surface area contributed by atoms with Crippen molar-refractivity contribution < 1.29 is 19.8 Å². The first-order valence-electron chi connectivity index (χ1n) is 14.4. The van der Waals surface area contributed by atoms with E-state index in [4.69, 9.17) is 4.84 Å². The molecule has 1 aliphatic heterocycles. The molecule has 0 aliphatic carbocycles. The minimum absolute atomic E-state index is 0.0854. The molecule has 4 N–H and O–H groups in total. The third-order valence-electron chi connectivity index (χ3n) is 8.07. The van der Waals surface area contributed by atoms with Crippen molar-refractivity contribution in [3.05, 3.63) is 95.7 Å². The summed E-state index contributed by atoms with van der Waals surface area (Å²) in [6, 6.07) is 24.2. The summed E-state index contributed by atoms with van der Waals surface area (Å²) in [6.07, 6.45) is 1.12. The Kier molecular flexibility index (Phi) is 8.61. The summed E-state index contributed by atoms with van der Waals surface area (Å²) < 4.78 is 0. The summed E-state index contributed by atoms with van der Waals surface area (Å²) in [6.45, 7) is 8.75. The molecule has 0 bridgehead atoms. The van der Waals surface area contributed by atoms with E-state index in [1.165, 1.54) is 5.56 Å². The predicted octanol–water partition coefficient (Wildman–Crippen LogP) is 4.97. The maximum atomic E-state index is 13.5. The van der Waals surface area contributed by atoms with Gasteiger partial charge in [-0.3, -0.25) is 9.63 Å². The molecule has 7 nitrogen and oxygen atoms in total. The fourth-order valence-corrected chi connectivity index (χ4v) is 5.76. The van der Waals surface area contributed by atoms with Gasteiger partial charge in [-0.15, -0.1) is 0 Å². The molecular formula is C34H41N3O4. The van der Waals surface area contributed by atoms with Gasteiger partial charge < -0.3 is 20.5 Å². The van der Waals surface area contributed by atoms with Gasteiger partial charge >= 0.3 is 0 Å². The summed E-state index contributed by atoms with van der Waals surface area (Å²) in [5.74, 6) is -0.780. The first kappa shape index (κ1) is 29.0. The van der Waals surface area contributed by atoms with E-state index in [1.807, 2.05) is 36.5 Å². The zero-order valence-corrected chi connectivity index (χ0v) is 24.3. The standard InChI is InChI=1S/C34H41N3O4/c1-22(39)32-29(21-38)31(33(40)35-17-16-26-19-36-30-11-6-5-10-28(26)30)37(41-32)20-23-8-7-9-25(18-23)24-12-14-27(15-13-24)34(2,3)4/h5-15,18-19,22,29,31-32,36,38-39H,16-17,20-21H2,1-4H3,(H,35,40)/t22-,29+,31+,32+/m0/s1. The molecule has 0 radical (unpaired) electrons. The number of aliphatic hydroxyl groups excluding tert-OH is 2. The highest BCUT2D eigenvalue weighted by atomic mass is 16.7. The molecule has 5 rings (SSSR count). The monoisotopic (exact) mass is 555 g/mol. The predicted molar refractivity (Wildman–Crippen MR) is 162 cm³/mol. The lowest BCUT2D eigenvalue weighted by atomic mass is 9.86. The molecule has 0 spiro atoms. The Labute approximate surface area is 242 Å². The van der Waals surface area contributed by atoms with Crippen molar-refractivity contribution in [1.29, 1.82) is 0 Å². The highest BCUT2D eigenvalue weighted by Gasteiger charge is 2.48. The van der Waals surface area contributed by atoms with Gasteiger partial charge in [0, 0.05) is 29.6 Å². The van der Waals surface area contributed by atoms with Gasteiger partial charge in [0.05, 0.1) is 19.3 Å². The van der Waals surface area contributed by atoms with Crippen LogP contribution in [0.25, 0.3) is 22.0 Å². The molecule has 1 aliphatic rings. The number of benzene rings is 3. The third kappa shape index (κ3) is 6.39. The molecule has 1 saturated heterocycles. The van der Waals surface area contributed by atoms with Gasteiger partial charge in [0.15, 0.2) is 0 Å². The van der Waals surface area contributed by atoms with Crippen molar-refractivity contribution in [2.24, 2.45) is 5.92 Å². The largest absolute Gasteiger partial charge is 0.396 e. The lowest BCUT2D eigenvalue weighted by Crippen LogP contribution is -2.48. The lowest BCUT2D eigenvalue weighted by molar-refractivity contribution is -0.192. The summed E-state index contributed by atoms with van der Waals surface area (Å²) in [7, 11) is 0. The van der Waals surface area contributed by atoms with Crippen LogP contribution in [0.2, 0.25) is 0 Å². The molecule has 1 amide bonds. The van der Waals surface area contributed by atoms with Crippen molar-refractivity contribution in [2.45, 2.75) is 64.3 Å². The van der Waals surface area contributed by atoms with Gasteiger partial charge in [0.25, 0.3) is 0 Å². The molecule has 0 saturated carbocycles. The van der Waals surface area contributed by atoms with Crippen molar-refractivity contribution in [3.63, 3.8) is 0 Å². The average molecular weight is 556 g/mol. The fraction of sp³-hybridized carbons (Fsp3) is 0.382. The van der Waals surface area contributed by atoms with Gasteiger partial charge in [-0.05, 0) is 58.7 Å². The molecule has 1 aromatic heterocycles. The van der Waals surface area contributed by atoms with Crippen LogP contribution in [0.3, 0.4) is 0 Å². The molecule has 4 aromatic rings. The number of amides is 1. The molecule has 3 aromatic carbocycles. The number of aromatic amines is 1. The number of hydrogen-bond acceptors (Lipinski definition) is 5. The van der Waals surface area contributed by atoms with Gasteiger partial charge in [-0.25, -0.2) is 0 Å². The van der Waals surface area contributed by atoms with Crippen LogP contribution in [-0.2, 0) is 28.0 Å². The van der Waals surface area contributed by atoms with Gasteiger partial charge in [-0.2, -0.15) is 5.06 Å². The summed E-state index contributed by atoms with van der Waals surface area (Å²) in [5.41, 5.74) is 6.73. The molecular weight excluding hydrogens is 514 g/mol. The van der Waals surface area contributed by atoms with Gasteiger partial charge in [0.1, 0.15) is 12.1 Å². The Morgan fingerprint density at radius 1 is 1.05 bits per heavy atom. The zero-order chi connectivity index (χ0) is 29.1. The van der Waals surface area contributed by atoms with E-state index >= 15 is 0 Å². The van der Waals surface area contributed by atoms with Gasteiger partial charge in [-0.1, -0.05) is 81.4 Å². The number of nitrogens with one attached hydrogen (secondary N) is 2. The van der Waals surface area contributed by atoms with E-state index in [9.17, 15) is 15.0 Å². The topological polar surface area (TPSA) is 97.8 Å². The van der Waals surface area contributed by atoms with E-state index in [0.717, 1.165) is 33.2 Å². The Bertz CT molecular complexity index is 1470. The molecule has 216 valence electrons. The van der Waals surface area contributed by atoms with E-state index in [0.29, 0.717) is 19.5 Å². The summed E-state index contributed by atoms with van der Waals surface area (Å²) in [4.78, 5) is 22.9. The minimum Gasteiger partial charge on any atom is -0.396 e. The Balaban J connectivity index is 1.31. The van der Waals surface area contributed by atoms with Crippen LogP contribution in [-0.4, -0.2) is 57.6 Å². The van der Waals surface area contributed by atoms with E-state index in [2.05, 4.69) is 73.5 Å². The second kappa shape index (κ2) is 12.2. The summed E-state index contributed by atoms with van der Waals surface area (Å²) >= 11 is 0. The zero-order valence-electron chi connectivity index (χ0n) is 24.3. The first-order valence-corrected chi connectivity index (χ1v) is 14.4. The van der Waals surface area contributed by atoms with E-state index < -0.39 is 24.2 Å². The van der Waals surface area contributed by atoms with Crippen LogP contribution < -0.4 is 5.32 Å². The van der Waals surface area contributed by atoms with Crippen molar-refractivity contribution in [3.8, 4) is 11.1 Å². The molecule has 1 fully saturated rings. The lowest BCUT2D eigenvalue weighted by Gasteiger charge is -2.24. The van der Waals surface area contributed by atoms with Crippen molar-refractivity contribution in [2.75, 3.05) is 13.2 Å². The molecule has 0 unspecified atom stereocenters. The number of aliphatic hydroxyl groups is 2. The summed E-state index contributed by atoms with van der Waals surface area (Å²) in [5, 5.41) is 26.5. The number of rotatable bonds is 9. The third-order valence-corrected chi connectivity index (χ3v) is 8.07. The second-order valence-electron chi connectivity index (χ2n) is 12.1.